The molecule has 3 nitrogen and oxygen atoms in total. The minimum atomic E-state index is -0.157. The molecule has 0 N–H and O–H groups in total. The molecule has 1 aliphatic rings. The highest BCUT2D eigenvalue weighted by atomic mass is 16.5. The van der Waals surface area contributed by atoms with Crippen LogP contribution in [0.1, 0.15) is 20.3 Å². The minimum Gasteiger partial charge on any atom is -0.469 e. The quantitative estimate of drug-likeness (QED) is 0.389. The van der Waals surface area contributed by atoms with Gasteiger partial charge in [0.15, 0.2) is 0 Å². The Balaban J connectivity index is 2.57. The molecule has 1 aliphatic carbocycles. The molecule has 1 rings (SSSR count). The maximum absolute atomic E-state index is 11.3. The van der Waals surface area contributed by atoms with Crippen molar-refractivity contribution in [3.05, 3.63) is 12.2 Å². The smallest absolute Gasteiger partial charge is 0.309 e. The van der Waals surface area contributed by atoms with Crippen molar-refractivity contribution in [2.75, 3.05) is 7.11 Å². The number of aldehydes is 1. The van der Waals surface area contributed by atoms with Crippen LogP contribution in [0.3, 0.4) is 0 Å². The third kappa shape index (κ3) is 1.86. The van der Waals surface area contributed by atoms with Crippen LogP contribution >= 0.6 is 0 Å². The van der Waals surface area contributed by atoms with Crippen LogP contribution in [0.4, 0.5) is 0 Å². The van der Waals surface area contributed by atoms with E-state index in [-0.39, 0.29) is 23.2 Å². The Labute approximate surface area is 84.1 Å². The summed E-state index contributed by atoms with van der Waals surface area (Å²) >= 11 is 0. The van der Waals surface area contributed by atoms with Crippen LogP contribution in [0.25, 0.3) is 0 Å². The predicted octanol–water partition coefficient (Wildman–Crippen LogP) is 1.58. The second kappa shape index (κ2) is 3.95. The number of ether oxygens (including phenoxy) is 1. The molecule has 3 heteroatoms. The Bertz CT molecular complexity index is 266. The van der Waals surface area contributed by atoms with Crippen molar-refractivity contribution in [1.29, 1.82) is 0 Å². The van der Waals surface area contributed by atoms with Crippen molar-refractivity contribution < 1.29 is 14.3 Å². The van der Waals surface area contributed by atoms with E-state index in [1.165, 1.54) is 7.11 Å². The maximum atomic E-state index is 11.3. The molecule has 0 aliphatic heterocycles. The van der Waals surface area contributed by atoms with E-state index in [0.29, 0.717) is 6.42 Å². The van der Waals surface area contributed by atoms with Crippen molar-refractivity contribution >= 4 is 12.3 Å². The average Bonchev–Trinajstić information content (AvgIpc) is 2.68. The minimum absolute atomic E-state index is 0.0214. The second-order valence-electron chi connectivity index (χ2n) is 4.18. The van der Waals surface area contributed by atoms with Crippen molar-refractivity contribution in [1.82, 2.24) is 0 Å². The van der Waals surface area contributed by atoms with Gasteiger partial charge in [-0.2, -0.15) is 0 Å². The van der Waals surface area contributed by atoms with Gasteiger partial charge in [0.25, 0.3) is 0 Å². The van der Waals surface area contributed by atoms with Crippen LogP contribution in [-0.4, -0.2) is 19.4 Å². The first-order valence-corrected chi connectivity index (χ1v) is 4.73. The third-order valence-corrected chi connectivity index (χ3v) is 2.94. The van der Waals surface area contributed by atoms with Gasteiger partial charge < -0.3 is 9.53 Å². The number of allylic oxidation sites excluding steroid dienone is 2. The number of carbonyl (C=O) groups is 2. The van der Waals surface area contributed by atoms with Gasteiger partial charge in [-0.3, -0.25) is 4.79 Å². The van der Waals surface area contributed by atoms with E-state index in [1.54, 1.807) is 0 Å². The summed E-state index contributed by atoms with van der Waals surface area (Å²) in [5.74, 6) is 0.0149. The zero-order valence-corrected chi connectivity index (χ0v) is 8.82. The number of methoxy groups -OCH3 is 1. The first-order chi connectivity index (χ1) is 6.55. The molecule has 0 heterocycles. The van der Waals surface area contributed by atoms with Crippen molar-refractivity contribution in [2.45, 2.75) is 20.3 Å². The van der Waals surface area contributed by atoms with Gasteiger partial charge >= 0.3 is 5.97 Å². The Morgan fingerprint density at radius 3 is 2.64 bits per heavy atom. The first-order valence-electron chi connectivity index (χ1n) is 4.73. The molecule has 1 saturated carbocycles. The Morgan fingerprint density at radius 1 is 1.50 bits per heavy atom. The lowest BCUT2D eigenvalue weighted by molar-refractivity contribution is -0.143. The summed E-state index contributed by atoms with van der Waals surface area (Å²) in [6.07, 6.45) is 5.01. The summed E-state index contributed by atoms with van der Waals surface area (Å²) in [5.41, 5.74) is -0.0214. The molecule has 0 spiro atoms. The molecular weight excluding hydrogens is 180 g/mol. The van der Waals surface area contributed by atoms with Crippen LogP contribution in [-0.2, 0) is 14.3 Å². The fraction of sp³-hybridized carbons (Fsp3) is 0.636. The molecule has 0 amide bonds. The summed E-state index contributed by atoms with van der Waals surface area (Å²) in [5, 5.41) is 0. The summed E-state index contributed by atoms with van der Waals surface area (Å²) < 4.78 is 4.70. The highest BCUT2D eigenvalue weighted by Crippen LogP contribution is 2.59. The number of hydrogen-bond donors (Lipinski definition) is 0. The molecule has 0 radical (unpaired) electrons. The number of rotatable bonds is 4. The van der Waals surface area contributed by atoms with Crippen LogP contribution < -0.4 is 0 Å². The van der Waals surface area contributed by atoms with Gasteiger partial charge in [-0.15, -0.1) is 0 Å². The lowest BCUT2D eigenvalue weighted by atomic mass is 10.1. The molecule has 14 heavy (non-hydrogen) atoms. The summed E-state index contributed by atoms with van der Waals surface area (Å²) in [7, 11) is 1.41. The van der Waals surface area contributed by atoms with Gasteiger partial charge in [0.05, 0.1) is 13.0 Å². The third-order valence-electron chi connectivity index (χ3n) is 2.94. The van der Waals surface area contributed by atoms with E-state index in [1.807, 2.05) is 26.0 Å². The lowest BCUT2D eigenvalue weighted by Gasteiger charge is -1.98. The Morgan fingerprint density at radius 2 is 2.14 bits per heavy atom. The fourth-order valence-electron chi connectivity index (χ4n) is 1.89. The Hall–Kier alpha value is -1.12. The summed E-state index contributed by atoms with van der Waals surface area (Å²) in [6, 6.07) is 0. The van der Waals surface area contributed by atoms with Gasteiger partial charge in [-0.25, -0.2) is 0 Å². The van der Waals surface area contributed by atoms with Gasteiger partial charge in [0.2, 0.25) is 0 Å². The standard InChI is InChI=1S/C11H16O3/c1-11(2)8(6-4-5-7-12)9(11)10(13)14-3/h4,6-9H,5H2,1-3H3. The van der Waals surface area contributed by atoms with Gasteiger partial charge in [-0.1, -0.05) is 26.0 Å². The molecule has 2 unspecified atom stereocenters. The summed E-state index contributed by atoms with van der Waals surface area (Å²) in [6.45, 7) is 4.06. The van der Waals surface area contributed by atoms with Crippen molar-refractivity contribution in [3.63, 3.8) is 0 Å². The van der Waals surface area contributed by atoms with Gasteiger partial charge in [-0.05, 0) is 11.3 Å². The normalized spacial score (nSPS) is 28.8. The SMILES string of the molecule is COC(=O)C1C(C=CCC=O)C1(C)C. The number of esters is 1. The van der Waals surface area contributed by atoms with Crippen LogP contribution in [0.15, 0.2) is 12.2 Å². The van der Waals surface area contributed by atoms with Crippen LogP contribution in [0, 0.1) is 17.3 Å². The molecule has 0 aromatic rings. The number of hydrogen-bond acceptors (Lipinski definition) is 3. The monoisotopic (exact) mass is 196 g/mol. The zero-order chi connectivity index (χ0) is 10.8. The highest BCUT2D eigenvalue weighted by Gasteiger charge is 2.61. The Kier molecular flexibility index (Phi) is 3.09. The van der Waals surface area contributed by atoms with Crippen molar-refractivity contribution in [2.24, 2.45) is 17.3 Å². The molecule has 0 bridgehead atoms. The predicted molar refractivity (Wildman–Crippen MR) is 52.6 cm³/mol. The van der Waals surface area contributed by atoms with E-state index in [0.717, 1.165) is 6.29 Å². The lowest BCUT2D eigenvalue weighted by Crippen LogP contribution is -2.07. The highest BCUT2D eigenvalue weighted by molar-refractivity contribution is 5.78. The first kappa shape index (κ1) is 11.0. The van der Waals surface area contributed by atoms with E-state index in [9.17, 15) is 9.59 Å². The van der Waals surface area contributed by atoms with Crippen LogP contribution in [0.2, 0.25) is 0 Å². The van der Waals surface area contributed by atoms with E-state index in [4.69, 9.17) is 4.74 Å². The van der Waals surface area contributed by atoms with Gasteiger partial charge in [0.1, 0.15) is 6.29 Å². The van der Waals surface area contributed by atoms with E-state index < -0.39 is 0 Å². The average molecular weight is 196 g/mol. The number of carbonyl (C=O) groups excluding carboxylic acids is 2. The molecule has 0 aromatic heterocycles. The molecule has 2 atom stereocenters. The molecule has 0 saturated heterocycles. The second-order valence-corrected chi connectivity index (χ2v) is 4.18. The largest absolute Gasteiger partial charge is 0.469 e. The molecule has 0 aromatic carbocycles. The summed E-state index contributed by atoms with van der Waals surface area (Å²) in [4.78, 5) is 21.4. The molecular formula is C11H16O3. The molecule has 78 valence electrons. The maximum Gasteiger partial charge on any atom is 0.309 e. The zero-order valence-electron chi connectivity index (χ0n) is 8.82. The van der Waals surface area contributed by atoms with Crippen LogP contribution in [0.5, 0.6) is 0 Å². The molecule has 1 fully saturated rings. The van der Waals surface area contributed by atoms with E-state index >= 15 is 0 Å². The fourth-order valence-corrected chi connectivity index (χ4v) is 1.89. The van der Waals surface area contributed by atoms with E-state index in [2.05, 4.69) is 0 Å². The van der Waals surface area contributed by atoms with Crippen molar-refractivity contribution in [3.8, 4) is 0 Å². The topological polar surface area (TPSA) is 43.4 Å². The van der Waals surface area contributed by atoms with Gasteiger partial charge in [0, 0.05) is 6.42 Å².